The Morgan fingerprint density at radius 3 is 2.00 bits per heavy atom. The van der Waals surface area contributed by atoms with E-state index in [9.17, 15) is 13.2 Å². The maximum atomic E-state index is 13.0. The smallest absolute Gasteiger partial charge is 0.223 e. The average molecular weight is 369 g/mol. The molecular weight excluding hydrogens is 336 g/mol. The maximum Gasteiger partial charge on any atom is 0.223 e. The molecule has 5 rings (SSSR count). The van der Waals surface area contributed by atoms with Gasteiger partial charge in [-0.3, -0.25) is 4.79 Å². The van der Waals surface area contributed by atoms with E-state index in [1.54, 1.807) is 0 Å². The van der Waals surface area contributed by atoms with Crippen LogP contribution in [0.25, 0.3) is 0 Å². The van der Waals surface area contributed by atoms with Crippen LogP contribution in [0.15, 0.2) is 0 Å². The van der Waals surface area contributed by atoms with Gasteiger partial charge in [-0.1, -0.05) is 13.8 Å². The molecule has 4 bridgehead atoms. The molecule has 2 unspecified atom stereocenters. The van der Waals surface area contributed by atoms with Crippen molar-refractivity contribution in [1.82, 2.24) is 9.21 Å². The van der Waals surface area contributed by atoms with Crippen LogP contribution < -0.4 is 0 Å². The molecule has 0 N–H and O–H groups in total. The standard InChI is InChI=1S/C19H32N2O3S/c1-17-8-15-9-18(2,12-17)14-19(10-15,13-17)11-16(22)20-4-6-21(7-5-20)25(3,23)24/h15H,4-14H2,1-3H3. The molecule has 1 amide bonds. The van der Waals surface area contributed by atoms with Crippen molar-refractivity contribution in [3.05, 3.63) is 0 Å². The first kappa shape index (κ1) is 17.8. The summed E-state index contributed by atoms with van der Waals surface area (Å²) >= 11 is 0. The molecule has 1 heterocycles. The first-order chi connectivity index (χ1) is 11.5. The summed E-state index contributed by atoms with van der Waals surface area (Å²) < 4.78 is 24.8. The van der Waals surface area contributed by atoms with Gasteiger partial charge in [-0.25, -0.2) is 8.42 Å². The fraction of sp³-hybridized carbons (Fsp3) is 0.947. The van der Waals surface area contributed by atoms with Crippen molar-refractivity contribution >= 4 is 15.9 Å². The maximum absolute atomic E-state index is 13.0. The summed E-state index contributed by atoms with van der Waals surface area (Å²) in [5.41, 5.74) is 1.07. The van der Waals surface area contributed by atoms with Gasteiger partial charge >= 0.3 is 0 Å². The number of carbonyl (C=O) groups excluding carboxylic acids is 1. The highest BCUT2D eigenvalue weighted by molar-refractivity contribution is 7.88. The molecule has 5 fully saturated rings. The van der Waals surface area contributed by atoms with E-state index in [1.165, 1.54) is 49.1 Å². The van der Waals surface area contributed by atoms with Crippen LogP contribution in [0.1, 0.15) is 58.8 Å². The Labute approximate surface area is 152 Å². The van der Waals surface area contributed by atoms with E-state index >= 15 is 0 Å². The highest BCUT2D eigenvalue weighted by Gasteiger charge is 2.60. The highest BCUT2D eigenvalue weighted by atomic mass is 32.2. The van der Waals surface area contributed by atoms with Crippen LogP contribution in [0.3, 0.4) is 0 Å². The van der Waals surface area contributed by atoms with Gasteiger partial charge in [0.2, 0.25) is 15.9 Å². The molecule has 0 aromatic heterocycles. The Bertz CT molecular complexity index is 663. The van der Waals surface area contributed by atoms with Crippen LogP contribution in [0, 0.1) is 22.2 Å². The Hall–Kier alpha value is -0.620. The van der Waals surface area contributed by atoms with Crippen molar-refractivity contribution in [1.29, 1.82) is 0 Å². The van der Waals surface area contributed by atoms with Crippen LogP contribution >= 0.6 is 0 Å². The lowest BCUT2D eigenvalue weighted by atomic mass is 9.40. The van der Waals surface area contributed by atoms with E-state index in [2.05, 4.69) is 13.8 Å². The summed E-state index contributed by atoms with van der Waals surface area (Å²) in [5, 5.41) is 0. The molecule has 142 valence electrons. The third-order valence-electron chi connectivity index (χ3n) is 7.33. The van der Waals surface area contributed by atoms with Gasteiger partial charge in [0.1, 0.15) is 0 Å². The molecule has 2 atom stereocenters. The fourth-order valence-corrected chi connectivity index (χ4v) is 8.41. The number of carbonyl (C=O) groups is 1. The van der Waals surface area contributed by atoms with Crippen molar-refractivity contribution < 1.29 is 13.2 Å². The summed E-state index contributed by atoms with van der Waals surface area (Å²) in [6.07, 6.45) is 9.61. The normalized spacial score (nSPS) is 44.3. The SMILES string of the molecule is CC12CC3CC(C)(C1)CC(CC(=O)N1CCN(S(C)(=O)=O)CC1)(C3)C2. The van der Waals surface area contributed by atoms with Crippen LogP contribution in [-0.2, 0) is 14.8 Å². The van der Waals surface area contributed by atoms with Crippen molar-refractivity contribution in [2.75, 3.05) is 32.4 Å². The third kappa shape index (κ3) is 3.25. The molecule has 4 saturated carbocycles. The minimum Gasteiger partial charge on any atom is -0.340 e. The molecule has 0 spiro atoms. The van der Waals surface area contributed by atoms with E-state index in [4.69, 9.17) is 0 Å². The Kier molecular flexibility index (Phi) is 3.87. The number of amides is 1. The summed E-state index contributed by atoms with van der Waals surface area (Å²) in [5.74, 6) is 1.06. The zero-order valence-electron chi connectivity index (χ0n) is 15.9. The molecule has 5 nitrogen and oxygen atoms in total. The number of hydrogen-bond acceptors (Lipinski definition) is 3. The van der Waals surface area contributed by atoms with E-state index in [0.717, 1.165) is 5.92 Å². The van der Waals surface area contributed by atoms with Crippen molar-refractivity contribution in [3.63, 3.8) is 0 Å². The summed E-state index contributed by atoms with van der Waals surface area (Å²) in [6, 6.07) is 0. The summed E-state index contributed by atoms with van der Waals surface area (Å²) in [7, 11) is -3.14. The number of rotatable bonds is 3. The molecule has 6 heteroatoms. The topological polar surface area (TPSA) is 57.7 Å². The predicted octanol–water partition coefficient (Wildman–Crippen LogP) is 2.48. The number of piperazine rings is 1. The van der Waals surface area contributed by atoms with Gasteiger partial charge in [-0.2, -0.15) is 4.31 Å². The van der Waals surface area contributed by atoms with Gasteiger partial charge in [0.25, 0.3) is 0 Å². The molecule has 0 aromatic carbocycles. The lowest BCUT2D eigenvalue weighted by Crippen LogP contribution is -2.57. The molecule has 0 aromatic rings. The van der Waals surface area contributed by atoms with Gasteiger partial charge in [0.15, 0.2) is 0 Å². The zero-order valence-corrected chi connectivity index (χ0v) is 16.7. The molecular formula is C19H32N2O3S. The van der Waals surface area contributed by atoms with E-state index in [1.807, 2.05) is 4.90 Å². The van der Waals surface area contributed by atoms with Crippen molar-refractivity contribution in [3.8, 4) is 0 Å². The molecule has 1 saturated heterocycles. The molecule has 5 aliphatic rings. The second-order valence-electron chi connectivity index (χ2n) is 10.3. The highest BCUT2D eigenvalue weighted by Crippen LogP contribution is 2.70. The van der Waals surface area contributed by atoms with E-state index in [-0.39, 0.29) is 11.3 Å². The minimum atomic E-state index is -3.14. The summed E-state index contributed by atoms with van der Waals surface area (Å²) in [4.78, 5) is 14.9. The quantitative estimate of drug-likeness (QED) is 0.769. The Morgan fingerprint density at radius 2 is 1.52 bits per heavy atom. The molecule has 0 radical (unpaired) electrons. The Morgan fingerprint density at radius 1 is 0.960 bits per heavy atom. The predicted molar refractivity (Wildman–Crippen MR) is 97.5 cm³/mol. The second-order valence-corrected chi connectivity index (χ2v) is 12.3. The van der Waals surface area contributed by atoms with Gasteiger partial charge < -0.3 is 4.90 Å². The molecule has 1 aliphatic heterocycles. The molecule has 25 heavy (non-hydrogen) atoms. The lowest BCUT2D eigenvalue weighted by molar-refractivity contribution is -0.161. The van der Waals surface area contributed by atoms with Gasteiger partial charge in [-0.15, -0.1) is 0 Å². The third-order valence-corrected chi connectivity index (χ3v) is 8.63. The first-order valence-corrected chi connectivity index (χ1v) is 11.6. The summed E-state index contributed by atoms with van der Waals surface area (Å²) in [6.45, 7) is 6.85. The molecule has 4 aliphatic carbocycles. The van der Waals surface area contributed by atoms with E-state index < -0.39 is 10.0 Å². The average Bonchev–Trinajstić information content (AvgIpc) is 2.42. The minimum absolute atomic E-state index is 0.202. The lowest BCUT2D eigenvalue weighted by Gasteiger charge is -2.65. The van der Waals surface area contributed by atoms with Gasteiger partial charge in [0.05, 0.1) is 6.26 Å². The zero-order chi connectivity index (χ0) is 18.1. The number of nitrogens with zero attached hydrogens (tertiary/aromatic N) is 2. The van der Waals surface area contributed by atoms with Crippen LogP contribution in [0.5, 0.6) is 0 Å². The fourth-order valence-electron chi connectivity index (χ4n) is 7.58. The van der Waals surface area contributed by atoms with Crippen LogP contribution in [0.2, 0.25) is 0 Å². The second kappa shape index (κ2) is 5.44. The largest absolute Gasteiger partial charge is 0.340 e. The van der Waals surface area contributed by atoms with Crippen molar-refractivity contribution in [2.24, 2.45) is 22.2 Å². The Balaban J connectivity index is 1.43. The van der Waals surface area contributed by atoms with E-state index in [0.29, 0.717) is 43.4 Å². The van der Waals surface area contributed by atoms with Crippen molar-refractivity contribution in [2.45, 2.75) is 58.8 Å². The number of hydrogen-bond donors (Lipinski definition) is 0. The monoisotopic (exact) mass is 368 g/mol. The van der Waals surface area contributed by atoms with Gasteiger partial charge in [-0.05, 0) is 60.7 Å². The van der Waals surface area contributed by atoms with Gasteiger partial charge in [0, 0.05) is 32.6 Å². The first-order valence-electron chi connectivity index (χ1n) is 9.73. The number of sulfonamides is 1. The van der Waals surface area contributed by atoms with Crippen LogP contribution in [0.4, 0.5) is 0 Å². The van der Waals surface area contributed by atoms with Crippen LogP contribution in [-0.4, -0.2) is 56.0 Å².